The van der Waals surface area contributed by atoms with E-state index in [1.165, 1.54) is 25.5 Å². The normalized spacial score (nSPS) is 22.7. The van der Waals surface area contributed by atoms with Gasteiger partial charge in [-0.05, 0) is 44.3 Å². The second-order valence-corrected chi connectivity index (χ2v) is 8.17. The fourth-order valence-corrected chi connectivity index (χ4v) is 4.94. The Morgan fingerprint density at radius 3 is 2.70 bits per heavy atom. The Balaban J connectivity index is 0.000000687. The first-order valence-electron chi connectivity index (χ1n) is 10.3. The number of nitrogens with zero attached hydrogens (tertiary/aromatic N) is 4. The van der Waals surface area contributed by atoms with Crippen LogP contribution >= 0.6 is 0 Å². The number of hydrogen-bond acceptors (Lipinski definition) is 6. The number of amides is 1. The second kappa shape index (κ2) is 8.83. The zero-order valence-electron chi connectivity index (χ0n) is 16.8. The number of carboxylic acid groups (broad SMARTS) is 1. The molecule has 5 rings (SSSR count). The summed E-state index contributed by atoms with van der Waals surface area (Å²) in [7, 11) is 0. The van der Waals surface area contributed by atoms with Crippen LogP contribution in [0, 0.1) is 5.92 Å². The molecule has 2 aromatic rings. The van der Waals surface area contributed by atoms with E-state index in [1.807, 2.05) is 15.5 Å². The van der Waals surface area contributed by atoms with Crippen molar-refractivity contribution in [3.8, 4) is 0 Å². The van der Waals surface area contributed by atoms with Crippen molar-refractivity contribution < 1.29 is 19.1 Å². The van der Waals surface area contributed by atoms with Crippen LogP contribution in [0.3, 0.4) is 0 Å². The van der Waals surface area contributed by atoms with Crippen molar-refractivity contribution in [3.05, 3.63) is 52.1 Å². The van der Waals surface area contributed by atoms with E-state index in [4.69, 9.17) is 14.3 Å². The summed E-state index contributed by atoms with van der Waals surface area (Å²) in [5.41, 5.74) is 2.48. The Kier molecular flexibility index (Phi) is 5.98. The van der Waals surface area contributed by atoms with E-state index in [-0.39, 0.29) is 23.9 Å². The minimum Gasteiger partial charge on any atom is -0.483 e. The molecule has 5 heterocycles. The SMILES string of the molecule is O=C(c1cocn1)N1C[C@@H]2C[C@H](C1)c1ccc(CN3CCCC3)c(=O)n1C2.O=CO. The average molecular weight is 414 g/mol. The molecule has 2 saturated heterocycles. The molecule has 0 aliphatic carbocycles. The average Bonchev–Trinajstić information content (AvgIpc) is 3.45. The highest BCUT2D eigenvalue weighted by Crippen LogP contribution is 2.35. The fourth-order valence-electron chi connectivity index (χ4n) is 4.94. The number of carbonyl (C=O) groups is 2. The molecule has 2 aromatic heterocycles. The van der Waals surface area contributed by atoms with E-state index in [1.54, 1.807) is 0 Å². The minimum absolute atomic E-state index is 0.0834. The van der Waals surface area contributed by atoms with Gasteiger partial charge in [0, 0.05) is 43.4 Å². The largest absolute Gasteiger partial charge is 0.483 e. The van der Waals surface area contributed by atoms with Crippen LogP contribution in [0.2, 0.25) is 0 Å². The molecule has 2 fully saturated rings. The molecule has 1 amide bonds. The number of fused-ring (bicyclic) bond motifs is 4. The molecule has 3 aliphatic rings. The number of oxazole rings is 1. The Hall–Kier alpha value is -2.94. The Morgan fingerprint density at radius 2 is 2.00 bits per heavy atom. The van der Waals surface area contributed by atoms with E-state index >= 15 is 0 Å². The van der Waals surface area contributed by atoms with Crippen molar-refractivity contribution in [2.24, 2.45) is 5.92 Å². The molecule has 0 radical (unpaired) electrons. The van der Waals surface area contributed by atoms with Gasteiger partial charge in [-0.15, -0.1) is 0 Å². The first kappa shape index (κ1) is 20.3. The standard InChI is InChI=1S/C20H24N4O3.CH2O2/c25-19-15(10-22-5-1-2-6-22)3-4-18-16-7-14(9-24(18)19)8-23(11-16)20(26)17-12-27-13-21-17;2-1-3/h3-4,12-14,16H,1-2,5-11H2;1H,(H,2,3)/t14-,16+;/m0./s1. The summed E-state index contributed by atoms with van der Waals surface area (Å²) in [6, 6.07) is 4.11. The van der Waals surface area contributed by atoms with Crippen LogP contribution < -0.4 is 5.56 Å². The van der Waals surface area contributed by atoms with Crippen molar-refractivity contribution in [2.75, 3.05) is 26.2 Å². The Labute approximate surface area is 173 Å². The zero-order valence-corrected chi connectivity index (χ0v) is 16.8. The number of hydrogen-bond donors (Lipinski definition) is 1. The summed E-state index contributed by atoms with van der Waals surface area (Å²) in [5, 5.41) is 6.89. The van der Waals surface area contributed by atoms with Gasteiger partial charge in [0.05, 0.1) is 0 Å². The quantitative estimate of drug-likeness (QED) is 0.756. The van der Waals surface area contributed by atoms with Gasteiger partial charge in [-0.2, -0.15) is 0 Å². The number of rotatable bonds is 3. The van der Waals surface area contributed by atoms with Gasteiger partial charge >= 0.3 is 0 Å². The van der Waals surface area contributed by atoms with Crippen molar-refractivity contribution in [3.63, 3.8) is 0 Å². The molecule has 2 bridgehead atoms. The topological polar surface area (TPSA) is 109 Å². The van der Waals surface area contributed by atoms with Crippen molar-refractivity contribution in [2.45, 2.75) is 38.3 Å². The number of pyridine rings is 1. The van der Waals surface area contributed by atoms with Crippen LogP contribution in [0.5, 0.6) is 0 Å². The lowest BCUT2D eigenvalue weighted by Crippen LogP contribution is -2.49. The highest BCUT2D eigenvalue weighted by Gasteiger charge is 2.37. The lowest BCUT2D eigenvalue weighted by Gasteiger charge is -2.42. The lowest BCUT2D eigenvalue weighted by molar-refractivity contribution is -0.122. The molecular weight excluding hydrogens is 388 g/mol. The summed E-state index contributed by atoms with van der Waals surface area (Å²) in [5.74, 6) is 0.439. The predicted molar refractivity (Wildman–Crippen MR) is 107 cm³/mol. The third-order valence-electron chi connectivity index (χ3n) is 6.21. The van der Waals surface area contributed by atoms with Gasteiger partial charge in [0.1, 0.15) is 6.26 Å². The number of aromatic nitrogens is 2. The lowest BCUT2D eigenvalue weighted by atomic mass is 9.83. The molecule has 3 aliphatic heterocycles. The third kappa shape index (κ3) is 4.02. The number of piperidine rings is 1. The molecular formula is C21H26N4O5. The van der Waals surface area contributed by atoms with Crippen molar-refractivity contribution >= 4 is 12.4 Å². The third-order valence-corrected chi connectivity index (χ3v) is 6.21. The molecule has 1 N–H and O–H groups in total. The number of carbonyl (C=O) groups excluding carboxylic acids is 1. The van der Waals surface area contributed by atoms with Crippen LogP contribution in [0.1, 0.15) is 46.9 Å². The van der Waals surface area contributed by atoms with Crippen LogP contribution in [-0.2, 0) is 17.9 Å². The molecule has 30 heavy (non-hydrogen) atoms. The summed E-state index contributed by atoms with van der Waals surface area (Å²) >= 11 is 0. The van der Waals surface area contributed by atoms with Gasteiger partial charge in [-0.1, -0.05) is 6.07 Å². The highest BCUT2D eigenvalue weighted by molar-refractivity contribution is 5.92. The highest BCUT2D eigenvalue weighted by atomic mass is 16.3. The van der Waals surface area contributed by atoms with E-state index in [0.29, 0.717) is 31.2 Å². The van der Waals surface area contributed by atoms with Gasteiger partial charge in [-0.3, -0.25) is 19.3 Å². The van der Waals surface area contributed by atoms with Crippen LogP contribution in [0.25, 0.3) is 0 Å². The first-order chi connectivity index (χ1) is 14.6. The molecule has 0 spiro atoms. The summed E-state index contributed by atoms with van der Waals surface area (Å²) in [6.45, 7) is 4.68. The summed E-state index contributed by atoms with van der Waals surface area (Å²) in [6.07, 6.45) is 6.18. The van der Waals surface area contributed by atoms with Crippen LogP contribution in [-0.4, -0.2) is 63.0 Å². The van der Waals surface area contributed by atoms with Gasteiger partial charge in [0.2, 0.25) is 0 Å². The van der Waals surface area contributed by atoms with E-state index in [9.17, 15) is 9.59 Å². The van der Waals surface area contributed by atoms with Crippen LogP contribution in [0.4, 0.5) is 0 Å². The van der Waals surface area contributed by atoms with Gasteiger partial charge in [-0.25, -0.2) is 4.98 Å². The molecule has 9 nitrogen and oxygen atoms in total. The van der Waals surface area contributed by atoms with Crippen LogP contribution in [0.15, 0.2) is 34.0 Å². The molecule has 0 aromatic carbocycles. The van der Waals surface area contributed by atoms with E-state index < -0.39 is 0 Å². The Morgan fingerprint density at radius 1 is 1.23 bits per heavy atom. The molecule has 160 valence electrons. The summed E-state index contributed by atoms with van der Waals surface area (Å²) < 4.78 is 6.93. The maximum absolute atomic E-state index is 13.1. The maximum atomic E-state index is 13.1. The van der Waals surface area contributed by atoms with Gasteiger partial charge < -0.3 is 19.0 Å². The predicted octanol–water partition coefficient (Wildman–Crippen LogP) is 1.39. The monoisotopic (exact) mass is 414 g/mol. The smallest absolute Gasteiger partial charge is 0.290 e. The van der Waals surface area contributed by atoms with Crippen molar-refractivity contribution in [1.29, 1.82) is 0 Å². The number of likely N-dealkylation sites (tertiary alicyclic amines) is 2. The molecule has 0 saturated carbocycles. The molecule has 0 unspecified atom stereocenters. The minimum atomic E-state index is -0.250. The Bertz CT molecular complexity index is 949. The van der Waals surface area contributed by atoms with Gasteiger partial charge in [0.15, 0.2) is 12.1 Å². The van der Waals surface area contributed by atoms with E-state index in [0.717, 1.165) is 37.3 Å². The summed E-state index contributed by atoms with van der Waals surface area (Å²) in [4.78, 5) is 42.3. The zero-order chi connectivity index (χ0) is 21.1. The second-order valence-electron chi connectivity index (χ2n) is 8.17. The molecule has 2 atom stereocenters. The van der Waals surface area contributed by atoms with Gasteiger partial charge in [0.25, 0.3) is 17.9 Å². The molecule has 9 heteroatoms. The van der Waals surface area contributed by atoms with E-state index in [2.05, 4.69) is 16.0 Å². The maximum Gasteiger partial charge on any atom is 0.290 e. The van der Waals surface area contributed by atoms with Crippen molar-refractivity contribution in [1.82, 2.24) is 19.4 Å². The first-order valence-corrected chi connectivity index (χ1v) is 10.3. The fraction of sp³-hybridized carbons (Fsp3) is 0.524.